The molecule has 3 unspecified atom stereocenters. The number of piperidine rings is 1. The first-order valence-corrected chi connectivity index (χ1v) is 10.1. The van der Waals surface area contributed by atoms with Crippen LogP contribution < -0.4 is 10.1 Å². The molecule has 1 heterocycles. The maximum absolute atomic E-state index is 13.0. The molecule has 9 nitrogen and oxygen atoms in total. The van der Waals surface area contributed by atoms with Crippen molar-refractivity contribution < 1.29 is 24.6 Å². The topological polar surface area (TPSA) is 114 Å². The number of aliphatic hydroxyl groups excluding tert-OH is 1. The predicted molar refractivity (Wildman–Crippen MR) is 107 cm³/mol. The van der Waals surface area contributed by atoms with Crippen molar-refractivity contribution in [2.45, 2.75) is 63.8 Å². The number of ether oxygens (including phenoxy) is 1. The lowest BCUT2D eigenvalue weighted by Gasteiger charge is -2.36. The van der Waals surface area contributed by atoms with E-state index in [9.17, 15) is 20.0 Å². The van der Waals surface area contributed by atoms with Gasteiger partial charge in [0.25, 0.3) is 5.09 Å². The van der Waals surface area contributed by atoms with Gasteiger partial charge in [-0.3, -0.25) is 4.79 Å². The number of carbonyl (C=O) groups excluding carboxylic acids is 1. The average molecular weight is 409 g/mol. The first-order valence-electron chi connectivity index (χ1n) is 10.1. The summed E-state index contributed by atoms with van der Waals surface area (Å²) in [6, 6.07) is 8.89. The van der Waals surface area contributed by atoms with Gasteiger partial charge in [-0.05, 0) is 31.4 Å². The number of nitrogens with one attached hydrogen (secondary N) is 1. The Labute approximate surface area is 171 Å². The number of para-hydroxylation sites is 1. The summed E-state index contributed by atoms with van der Waals surface area (Å²) in [5.41, 5.74) is 0. The van der Waals surface area contributed by atoms with E-state index in [1.807, 2.05) is 32.0 Å². The van der Waals surface area contributed by atoms with Crippen molar-refractivity contribution in [2.24, 2.45) is 0 Å². The number of benzene rings is 1. The van der Waals surface area contributed by atoms with Crippen molar-refractivity contribution in [1.82, 2.24) is 10.2 Å². The van der Waals surface area contributed by atoms with E-state index in [-0.39, 0.29) is 37.6 Å². The van der Waals surface area contributed by atoms with Crippen LogP contribution in [0.25, 0.3) is 0 Å². The summed E-state index contributed by atoms with van der Waals surface area (Å²) in [7, 11) is 0. The van der Waals surface area contributed by atoms with E-state index >= 15 is 0 Å². The van der Waals surface area contributed by atoms with Crippen molar-refractivity contribution in [3.8, 4) is 5.75 Å². The van der Waals surface area contributed by atoms with Crippen molar-refractivity contribution in [3.05, 3.63) is 40.4 Å². The van der Waals surface area contributed by atoms with Crippen molar-refractivity contribution in [1.29, 1.82) is 0 Å². The van der Waals surface area contributed by atoms with Crippen molar-refractivity contribution in [2.75, 3.05) is 19.7 Å². The molecule has 0 bridgehead atoms. The highest BCUT2D eigenvalue weighted by Gasteiger charge is 2.32. The molecule has 1 aliphatic heterocycles. The number of aliphatic hydroxyl groups is 1. The van der Waals surface area contributed by atoms with E-state index in [0.29, 0.717) is 18.7 Å². The van der Waals surface area contributed by atoms with Gasteiger partial charge in [0.1, 0.15) is 24.6 Å². The number of rotatable bonds is 11. The van der Waals surface area contributed by atoms with E-state index in [1.165, 1.54) is 0 Å². The van der Waals surface area contributed by atoms with Gasteiger partial charge in [0.2, 0.25) is 5.91 Å². The number of carbonyl (C=O) groups is 1. The number of likely N-dealkylation sites (tertiary alicyclic amines) is 1. The van der Waals surface area contributed by atoms with E-state index in [2.05, 4.69) is 10.2 Å². The van der Waals surface area contributed by atoms with Crippen LogP contribution in [-0.4, -0.2) is 65.0 Å². The second-order valence-corrected chi connectivity index (χ2v) is 7.56. The average Bonchev–Trinajstić information content (AvgIpc) is 2.70. The van der Waals surface area contributed by atoms with Crippen LogP contribution in [0.2, 0.25) is 0 Å². The fraction of sp³-hybridized carbons (Fsp3) is 0.650. The second-order valence-electron chi connectivity index (χ2n) is 7.56. The molecule has 0 aromatic heterocycles. The molecule has 0 radical (unpaired) electrons. The van der Waals surface area contributed by atoms with Gasteiger partial charge in [-0.1, -0.05) is 32.0 Å². The minimum Gasteiger partial charge on any atom is -0.487 e. The van der Waals surface area contributed by atoms with Gasteiger partial charge >= 0.3 is 0 Å². The minimum absolute atomic E-state index is 0.0230. The second kappa shape index (κ2) is 11.6. The molecular weight excluding hydrogens is 378 g/mol. The molecule has 1 fully saturated rings. The van der Waals surface area contributed by atoms with E-state index < -0.39 is 17.3 Å². The summed E-state index contributed by atoms with van der Waals surface area (Å²) >= 11 is 0. The Morgan fingerprint density at radius 1 is 1.34 bits per heavy atom. The van der Waals surface area contributed by atoms with Gasteiger partial charge in [0, 0.05) is 19.1 Å². The standard InChI is InChI=1S/C20H31N3O6/c1-15(2)21-13-18(24)19(29-17-9-4-3-5-10-17)12-20(25)22-11-7-6-8-16(22)14-28-23(26)27/h3-5,9-10,15-16,18-19,21,24H,6-8,11-14H2,1-2H3. The molecule has 1 aromatic rings. The summed E-state index contributed by atoms with van der Waals surface area (Å²) in [6.07, 6.45) is 0.726. The molecular formula is C20H31N3O6. The zero-order chi connectivity index (χ0) is 21.2. The Morgan fingerprint density at radius 3 is 2.72 bits per heavy atom. The summed E-state index contributed by atoms with van der Waals surface area (Å²) in [6.45, 7) is 4.61. The third-order valence-corrected chi connectivity index (χ3v) is 4.89. The number of hydrogen-bond donors (Lipinski definition) is 2. The third-order valence-electron chi connectivity index (χ3n) is 4.89. The third kappa shape index (κ3) is 7.86. The van der Waals surface area contributed by atoms with Gasteiger partial charge in [-0.25, -0.2) is 0 Å². The highest BCUT2D eigenvalue weighted by Crippen LogP contribution is 2.21. The van der Waals surface area contributed by atoms with Crippen LogP contribution >= 0.6 is 0 Å². The number of nitrogens with zero attached hydrogens (tertiary/aromatic N) is 2. The van der Waals surface area contributed by atoms with Gasteiger partial charge in [-0.2, -0.15) is 0 Å². The Bertz CT molecular complexity index is 642. The summed E-state index contributed by atoms with van der Waals surface area (Å²) in [5, 5.41) is 23.5. The van der Waals surface area contributed by atoms with Gasteiger partial charge < -0.3 is 24.9 Å². The molecule has 1 aliphatic rings. The highest BCUT2D eigenvalue weighted by molar-refractivity contribution is 5.77. The van der Waals surface area contributed by atoms with Crippen molar-refractivity contribution >= 4 is 5.91 Å². The van der Waals surface area contributed by atoms with Gasteiger partial charge in [0.15, 0.2) is 0 Å². The molecule has 9 heteroatoms. The zero-order valence-corrected chi connectivity index (χ0v) is 17.0. The Hall–Kier alpha value is -2.39. The Kier molecular flexibility index (Phi) is 9.14. The Morgan fingerprint density at radius 2 is 2.07 bits per heavy atom. The maximum atomic E-state index is 13.0. The normalized spacial score (nSPS) is 18.9. The fourth-order valence-electron chi connectivity index (χ4n) is 3.36. The molecule has 2 rings (SSSR count). The van der Waals surface area contributed by atoms with Gasteiger partial charge in [-0.15, -0.1) is 10.1 Å². The molecule has 3 atom stereocenters. The highest BCUT2D eigenvalue weighted by atomic mass is 16.9. The lowest BCUT2D eigenvalue weighted by atomic mass is 10.0. The first-order chi connectivity index (χ1) is 13.9. The molecule has 162 valence electrons. The van der Waals surface area contributed by atoms with Crippen LogP contribution in [0.15, 0.2) is 30.3 Å². The summed E-state index contributed by atoms with van der Waals surface area (Å²) < 4.78 is 5.93. The molecule has 0 saturated carbocycles. The zero-order valence-electron chi connectivity index (χ0n) is 17.0. The molecule has 1 amide bonds. The van der Waals surface area contributed by atoms with E-state index in [1.54, 1.807) is 17.0 Å². The van der Waals surface area contributed by atoms with E-state index in [4.69, 9.17) is 4.74 Å². The van der Waals surface area contributed by atoms with Crippen LogP contribution in [0.4, 0.5) is 0 Å². The van der Waals surface area contributed by atoms with Crippen LogP contribution in [0.3, 0.4) is 0 Å². The SMILES string of the molecule is CC(C)NCC(O)C(CC(=O)N1CCCCC1CO[N+](=O)[O-])Oc1ccccc1. The van der Waals surface area contributed by atoms with Gasteiger partial charge in [0.05, 0.1) is 12.5 Å². The predicted octanol–water partition coefficient (Wildman–Crippen LogP) is 1.77. The van der Waals surface area contributed by atoms with E-state index in [0.717, 1.165) is 12.8 Å². The molecule has 1 saturated heterocycles. The smallest absolute Gasteiger partial charge is 0.294 e. The van der Waals surface area contributed by atoms with Crippen LogP contribution in [0, 0.1) is 10.1 Å². The number of hydrogen-bond acceptors (Lipinski definition) is 7. The van der Waals surface area contributed by atoms with Crippen molar-refractivity contribution in [3.63, 3.8) is 0 Å². The first kappa shape index (κ1) is 22.9. The fourth-order valence-corrected chi connectivity index (χ4v) is 3.36. The molecule has 1 aromatic carbocycles. The Balaban J connectivity index is 2.06. The molecule has 29 heavy (non-hydrogen) atoms. The quantitative estimate of drug-likeness (QED) is 0.423. The molecule has 0 spiro atoms. The maximum Gasteiger partial charge on any atom is 0.294 e. The molecule has 0 aliphatic carbocycles. The summed E-state index contributed by atoms with van der Waals surface area (Å²) in [5.74, 6) is 0.368. The molecule has 2 N–H and O–H groups in total. The van der Waals surface area contributed by atoms with Crippen LogP contribution in [0.1, 0.15) is 39.5 Å². The van der Waals surface area contributed by atoms with Crippen LogP contribution in [0.5, 0.6) is 5.75 Å². The largest absolute Gasteiger partial charge is 0.487 e. The lowest BCUT2D eigenvalue weighted by molar-refractivity contribution is -0.758. The monoisotopic (exact) mass is 409 g/mol. The number of amides is 1. The van der Waals surface area contributed by atoms with Crippen LogP contribution in [-0.2, 0) is 9.63 Å². The lowest BCUT2D eigenvalue weighted by Crippen LogP contribution is -2.50. The minimum atomic E-state index is -0.889. The summed E-state index contributed by atoms with van der Waals surface area (Å²) in [4.78, 5) is 29.7.